The first-order chi connectivity index (χ1) is 17.1. The summed E-state index contributed by atoms with van der Waals surface area (Å²) in [6.45, 7) is 2.53. The Morgan fingerprint density at radius 2 is 1.71 bits per heavy atom. The van der Waals surface area contributed by atoms with Gasteiger partial charge < -0.3 is 9.64 Å². The molecule has 3 aliphatic heterocycles. The molecular formula is C28H31N3O4. The molecule has 7 heteroatoms. The smallest absolute Gasteiger partial charge is 0.255 e. The van der Waals surface area contributed by atoms with Gasteiger partial charge in [-0.1, -0.05) is 36.8 Å². The number of rotatable bonds is 5. The molecule has 1 saturated carbocycles. The van der Waals surface area contributed by atoms with Crippen molar-refractivity contribution < 1.29 is 19.1 Å². The first-order valence-corrected chi connectivity index (χ1v) is 12.8. The van der Waals surface area contributed by atoms with E-state index in [4.69, 9.17) is 4.74 Å². The van der Waals surface area contributed by atoms with Crippen LogP contribution in [-0.2, 0) is 16.1 Å². The molecule has 2 aromatic carbocycles. The average molecular weight is 474 g/mol. The number of nitrogens with zero attached hydrogens (tertiary/aromatic N) is 2. The molecule has 4 aliphatic rings. The fourth-order valence-corrected chi connectivity index (χ4v) is 6.15. The normalized spacial score (nSPS) is 27.4. The number of fused-ring (bicyclic) bond motifs is 1. The van der Waals surface area contributed by atoms with Gasteiger partial charge in [0.25, 0.3) is 5.91 Å². The summed E-state index contributed by atoms with van der Waals surface area (Å²) in [4.78, 5) is 40.9. The minimum Gasteiger partial charge on any atom is -0.489 e. The van der Waals surface area contributed by atoms with Crippen LogP contribution in [0.25, 0.3) is 0 Å². The Morgan fingerprint density at radius 1 is 0.914 bits per heavy atom. The van der Waals surface area contributed by atoms with E-state index in [2.05, 4.69) is 40.5 Å². The standard InChI is InChI=1S/C28H31N3O4/c32-26-13-12-24(27(33)29-26)31-17-19-14-21(10-11-22(19)28(31)34)35-25-9-5-4-8-23(25)30-15-20(16-30)18-6-2-1-3-7-18/h1-3,6-7,10-11,14,20,23-25H,4-5,8-9,12-13,15-17H2,(H,29,32,33)/t23-,24?,25?/m0/s1. The number of hydrogen-bond donors (Lipinski definition) is 1. The zero-order valence-corrected chi connectivity index (χ0v) is 19.8. The summed E-state index contributed by atoms with van der Waals surface area (Å²) < 4.78 is 6.55. The van der Waals surface area contributed by atoms with E-state index in [1.54, 1.807) is 4.90 Å². The van der Waals surface area contributed by atoms with Gasteiger partial charge in [-0.2, -0.15) is 0 Å². The van der Waals surface area contributed by atoms with Crippen molar-refractivity contribution in [2.75, 3.05) is 13.1 Å². The molecule has 3 heterocycles. The Kier molecular flexibility index (Phi) is 5.80. The molecule has 2 aromatic rings. The van der Waals surface area contributed by atoms with Crippen molar-refractivity contribution in [1.29, 1.82) is 0 Å². The van der Waals surface area contributed by atoms with Gasteiger partial charge >= 0.3 is 0 Å². The molecule has 182 valence electrons. The fraction of sp³-hybridized carbons (Fsp3) is 0.464. The summed E-state index contributed by atoms with van der Waals surface area (Å²) in [6, 6.07) is 16.2. The van der Waals surface area contributed by atoms with E-state index < -0.39 is 6.04 Å². The largest absolute Gasteiger partial charge is 0.489 e. The van der Waals surface area contributed by atoms with Crippen LogP contribution in [0, 0.1) is 0 Å². The van der Waals surface area contributed by atoms with Crippen LogP contribution < -0.4 is 10.1 Å². The Morgan fingerprint density at radius 3 is 2.51 bits per heavy atom. The van der Waals surface area contributed by atoms with Gasteiger partial charge in [-0.15, -0.1) is 0 Å². The van der Waals surface area contributed by atoms with Gasteiger partial charge in [-0.05, 0) is 55.0 Å². The first kappa shape index (κ1) is 22.3. The third kappa shape index (κ3) is 4.22. The molecule has 0 bridgehead atoms. The van der Waals surface area contributed by atoms with Crippen LogP contribution in [-0.4, -0.2) is 58.8 Å². The molecule has 6 rings (SSSR count). The number of benzene rings is 2. The molecule has 3 atom stereocenters. The number of piperidine rings is 1. The molecule has 1 N–H and O–H groups in total. The van der Waals surface area contributed by atoms with Crippen LogP contribution in [0.5, 0.6) is 5.75 Å². The maximum Gasteiger partial charge on any atom is 0.255 e. The van der Waals surface area contributed by atoms with Crippen LogP contribution >= 0.6 is 0 Å². The van der Waals surface area contributed by atoms with E-state index >= 15 is 0 Å². The lowest BCUT2D eigenvalue weighted by Gasteiger charge is -2.48. The number of hydrogen-bond acceptors (Lipinski definition) is 5. The van der Waals surface area contributed by atoms with E-state index in [9.17, 15) is 14.4 Å². The molecule has 35 heavy (non-hydrogen) atoms. The van der Waals surface area contributed by atoms with E-state index in [1.165, 1.54) is 18.4 Å². The van der Waals surface area contributed by atoms with E-state index in [-0.39, 0.29) is 30.2 Å². The highest BCUT2D eigenvalue weighted by molar-refractivity contribution is 6.05. The maximum absolute atomic E-state index is 13.0. The second kappa shape index (κ2) is 9.11. The average Bonchev–Trinajstić information content (AvgIpc) is 3.15. The number of amides is 3. The third-order valence-corrected chi connectivity index (χ3v) is 8.10. The van der Waals surface area contributed by atoms with Crippen molar-refractivity contribution in [2.45, 2.75) is 69.2 Å². The lowest BCUT2D eigenvalue weighted by Crippen LogP contribution is -2.57. The van der Waals surface area contributed by atoms with Crippen LogP contribution in [0.4, 0.5) is 0 Å². The Balaban J connectivity index is 1.12. The number of carbonyl (C=O) groups excluding carboxylic acids is 3. The van der Waals surface area contributed by atoms with Gasteiger partial charge in [0.2, 0.25) is 11.8 Å². The maximum atomic E-state index is 13.0. The van der Waals surface area contributed by atoms with Crippen molar-refractivity contribution in [3.05, 3.63) is 65.2 Å². The lowest BCUT2D eigenvalue weighted by molar-refractivity contribution is -0.136. The molecule has 7 nitrogen and oxygen atoms in total. The second-order valence-corrected chi connectivity index (χ2v) is 10.3. The SMILES string of the molecule is O=C1CCC(N2Cc3cc(OC4CCCC[C@@H]4N4CC(c5ccccc5)C4)ccc3C2=O)C(=O)N1. The summed E-state index contributed by atoms with van der Waals surface area (Å²) in [7, 11) is 0. The molecule has 0 spiro atoms. The van der Waals surface area contributed by atoms with Crippen molar-refractivity contribution in [3.8, 4) is 5.75 Å². The molecular weight excluding hydrogens is 442 g/mol. The van der Waals surface area contributed by atoms with Crippen molar-refractivity contribution >= 4 is 17.7 Å². The van der Waals surface area contributed by atoms with Crippen LogP contribution in [0.1, 0.15) is 65.9 Å². The van der Waals surface area contributed by atoms with Gasteiger partial charge in [0, 0.05) is 43.6 Å². The van der Waals surface area contributed by atoms with E-state index in [1.807, 2.05) is 18.2 Å². The van der Waals surface area contributed by atoms with Crippen molar-refractivity contribution in [3.63, 3.8) is 0 Å². The van der Waals surface area contributed by atoms with Gasteiger partial charge in [0.15, 0.2) is 0 Å². The predicted molar refractivity (Wildman–Crippen MR) is 130 cm³/mol. The van der Waals surface area contributed by atoms with Gasteiger partial charge in [0.1, 0.15) is 17.9 Å². The minimum atomic E-state index is -0.594. The molecule has 3 amide bonds. The summed E-state index contributed by atoms with van der Waals surface area (Å²) in [6.07, 6.45) is 5.36. The van der Waals surface area contributed by atoms with Crippen molar-refractivity contribution in [2.24, 2.45) is 0 Å². The molecule has 1 aliphatic carbocycles. The van der Waals surface area contributed by atoms with Crippen LogP contribution in [0.15, 0.2) is 48.5 Å². The van der Waals surface area contributed by atoms with Gasteiger partial charge in [-0.3, -0.25) is 24.6 Å². The van der Waals surface area contributed by atoms with Crippen molar-refractivity contribution in [1.82, 2.24) is 15.1 Å². The summed E-state index contributed by atoms with van der Waals surface area (Å²) in [5.41, 5.74) is 2.93. The second-order valence-electron chi connectivity index (χ2n) is 10.3. The van der Waals surface area contributed by atoms with E-state index in [0.29, 0.717) is 30.5 Å². The Labute approximate surface area is 205 Å². The van der Waals surface area contributed by atoms with Crippen LogP contribution in [0.3, 0.4) is 0 Å². The summed E-state index contributed by atoms with van der Waals surface area (Å²) >= 11 is 0. The Hall–Kier alpha value is -3.19. The van der Waals surface area contributed by atoms with Gasteiger partial charge in [-0.25, -0.2) is 0 Å². The number of carbonyl (C=O) groups is 3. The first-order valence-electron chi connectivity index (χ1n) is 12.8. The zero-order valence-electron chi connectivity index (χ0n) is 19.8. The zero-order chi connectivity index (χ0) is 23.9. The Bertz CT molecular complexity index is 1140. The quantitative estimate of drug-likeness (QED) is 0.675. The topological polar surface area (TPSA) is 79.0 Å². The number of likely N-dealkylation sites (tertiary alicyclic amines) is 1. The molecule has 2 saturated heterocycles. The van der Waals surface area contributed by atoms with Gasteiger partial charge in [0.05, 0.1) is 0 Å². The summed E-state index contributed by atoms with van der Waals surface area (Å²) in [5, 5.41) is 2.36. The molecule has 2 unspecified atom stereocenters. The fourth-order valence-electron chi connectivity index (χ4n) is 6.15. The highest BCUT2D eigenvalue weighted by Crippen LogP contribution is 2.36. The number of nitrogens with one attached hydrogen (secondary N) is 1. The number of ether oxygens (including phenoxy) is 1. The molecule has 0 aromatic heterocycles. The highest BCUT2D eigenvalue weighted by Gasteiger charge is 2.41. The predicted octanol–water partition coefficient (Wildman–Crippen LogP) is 3.24. The molecule has 3 fully saturated rings. The van der Waals surface area contributed by atoms with Crippen LogP contribution in [0.2, 0.25) is 0 Å². The highest BCUT2D eigenvalue weighted by atomic mass is 16.5. The third-order valence-electron chi connectivity index (χ3n) is 8.10. The minimum absolute atomic E-state index is 0.141. The number of imide groups is 1. The molecule has 0 radical (unpaired) electrons. The monoisotopic (exact) mass is 473 g/mol. The van der Waals surface area contributed by atoms with E-state index in [0.717, 1.165) is 37.2 Å². The summed E-state index contributed by atoms with van der Waals surface area (Å²) in [5.74, 6) is 0.587. The lowest BCUT2D eigenvalue weighted by atomic mass is 9.84.